The van der Waals surface area contributed by atoms with Gasteiger partial charge in [0.1, 0.15) is 33.3 Å². The number of aliphatic hydroxyl groups is 2. The van der Waals surface area contributed by atoms with Crippen molar-refractivity contribution in [3.63, 3.8) is 0 Å². The number of imidazole rings is 2. The maximum atomic E-state index is 12.8. The lowest BCUT2D eigenvalue weighted by Crippen LogP contribution is -2.35. The average Bonchev–Trinajstić information content (AvgIpc) is 4.08. The number of aromatic nitrogens is 4. The second kappa shape index (κ2) is 29.9. The summed E-state index contributed by atoms with van der Waals surface area (Å²) in [5, 5.41) is 15.0. The van der Waals surface area contributed by atoms with Crippen LogP contribution in [0.15, 0.2) is 60.8 Å². The number of halogens is 2. The number of rotatable bonds is 9. The highest BCUT2D eigenvalue weighted by Gasteiger charge is 2.37. The van der Waals surface area contributed by atoms with Crippen molar-refractivity contribution >= 4 is 35.0 Å². The predicted octanol–water partition coefficient (Wildman–Crippen LogP) is 10.1. The number of nitrogens with two attached hydrogens (primary N) is 2. The summed E-state index contributed by atoms with van der Waals surface area (Å²) in [5.74, 6) is 1.84. The molecule has 59 heavy (non-hydrogen) atoms. The number of aliphatic hydroxyl groups excluding tert-OH is 2. The number of carbonyl (C=O) groups excluding carboxylic acids is 2. The summed E-state index contributed by atoms with van der Waals surface area (Å²) in [6.07, 6.45) is 6.43. The summed E-state index contributed by atoms with van der Waals surface area (Å²) in [7, 11) is 3.50. The van der Waals surface area contributed by atoms with Crippen LogP contribution in [0.3, 0.4) is 0 Å². The molecule has 4 heterocycles. The molecule has 4 aromatic rings. The van der Waals surface area contributed by atoms with Crippen molar-refractivity contribution in [1.82, 2.24) is 29.7 Å². The van der Waals surface area contributed by atoms with Crippen LogP contribution < -0.4 is 11.5 Å². The van der Waals surface area contributed by atoms with Crippen molar-refractivity contribution in [2.45, 2.75) is 125 Å². The van der Waals surface area contributed by atoms with E-state index in [0.29, 0.717) is 40.2 Å². The molecule has 330 valence electrons. The summed E-state index contributed by atoms with van der Waals surface area (Å²) in [4.78, 5) is 45.6. The van der Waals surface area contributed by atoms with Gasteiger partial charge < -0.3 is 41.4 Å². The second-order valence-corrected chi connectivity index (χ2v) is 13.8. The monoisotopic (exact) mass is 859 g/mol. The normalized spacial score (nSPS) is 16.1. The Hall–Kier alpha value is -4.20. The number of benzene rings is 2. The summed E-state index contributed by atoms with van der Waals surface area (Å²) in [6.45, 7) is 20.0. The molecule has 12 nitrogen and oxygen atoms in total. The average molecular weight is 860 g/mol. The minimum atomic E-state index is -0.0807. The summed E-state index contributed by atoms with van der Waals surface area (Å²) in [6, 6.07) is 16.4. The van der Waals surface area contributed by atoms with Crippen LogP contribution in [0.2, 0.25) is 10.3 Å². The van der Waals surface area contributed by atoms with Gasteiger partial charge in [0.2, 0.25) is 11.8 Å². The Balaban J connectivity index is 0.00000215. The summed E-state index contributed by atoms with van der Waals surface area (Å²) in [5.41, 5.74) is 15.4. The molecule has 2 aliphatic rings. The Morgan fingerprint density at radius 2 is 1.10 bits per heavy atom. The Kier molecular flexibility index (Phi) is 27.8. The van der Waals surface area contributed by atoms with Crippen LogP contribution in [0.1, 0.15) is 130 Å². The number of hydrogen-bond acceptors (Lipinski definition) is 8. The Morgan fingerprint density at radius 3 is 1.51 bits per heavy atom. The van der Waals surface area contributed by atoms with E-state index >= 15 is 0 Å². The van der Waals surface area contributed by atoms with E-state index in [4.69, 9.17) is 49.1 Å². The van der Waals surface area contributed by atoms with Crippen LogP contribution in [-0.4, -0.2) is 85.6 Å². The van der Waals surface area contributed by atoms with Crippen LogP contribution >= 0.6 is 23.2 Å². The number of H-pyrrole nitrogens is 2. The molecule has 2 amide bonds. The molecule has 2 aromatic carbocycles. The Bertz CT molecular complexity index is 1770. The predicted molar refractivity (Wildman–Crippen MR) is 247 cm³/mol. The van der Waals surface area contributed by atoms with E-state index in [0.717, 1.165) is 93.2 Å². The number of aromatic amines is 2. The van der Waals surface area contributed by atoms with Gasteiger partial charge in [-0.05, 0) is 76.2 Å². The number of hydrogen-bond donors (Lipinski definition) is 6. The number of nitrogens with zero attached hydrogens (tertiary/aromatic N) is 4. The molecule has 6 rings (SSSR count). The van der Waals surface area contributed by atoms with Gasteiger partial charge in [-0.2, -0.15) is 0 Å². The zero-order chi connectivity index (χ0) is 45.2. The van der Waals surface area contributed by atoms with Gasteiger partial charge in [-0.1, -0.05) is 120 Å². The van der Waals surface area contributed by atoms with Crippen LogP contribution in [0.4, 0.5) is 0 Å². The zero-order valence-corrected chi connectivity index (χ0v) is 38.8. The maximum absolute atomic E-state index is 12.8. The molecule has 0 bridgehead atoms. The van der Waals surface area contributed by atoms with E-state index in [9.17, 15) is 9.59 Å². The van der Waals surface area contributed by atoms with Gasteiger partial charge >= 0.3 is 0 Å². The van der Waals surface area contributed by atoms with Crippen molar-refractivity contribution < 1.29 is 19.8 Å². The minimum Gasteiger partial charge on any atom is -0.403 e. The fourth-order valence-electron chi connectivity index (χ4n) is 6.80. The third-order valence-corrected chi connectivity index (χ3v) is 9.64. The van der Waals surface area contributed by atoms with E-state index in [1.807, 2.05) is 75.6 Å². The summed E-state index contributed by atoms with van der Waals surface area (Å²) < 4.78 is 0. The zero-order valence-electron chi connectivity index (χ0n) is 37.3. The molecule has 2 aromatic heterocycles. The standard InChI is InChI=1S/C35H40Cl2N6O2.C3H7N.2C2H6.CH5N.2CH4O/c1-4-7-28(44)42-20-6-9-26(42)34-38-30(32(36)40-34)24-15-11-22(12-16-24)23-13-17-25(18-14-23)31-33(37)41-35(39-31)27-19-10-21(3)43(27)29(45)8-5-2;1-3(2)4;5*1-2/h11-18,21,26-27H,4-10,19-20H2,1-3H3,(H,38,40)(H,39,41);1,4H2,2H3;2*1-2H3;2H2,1H3;2*2H,1H3/t21-,26?,27?;;;;;;/m0....../s1. The number of nitrogens with one attached hydrogen (secondary N) is 2. The van der Waals surface area contributed by atoms with E-state index < -0.39 is 0 Å². The van der Waals surface area contributed by atoms with Crippen molar-refractivity contribution in [1.29, 1.82) is 0 Å². The fraction of sp³-hybridized carbons (Fsp3) is 0.511. The van der Waals surface area contributed by atoms with Gasteiger partial charge in [0.15, 0.2) is 0 Å². The molecule has 2 fully saturated rings. The third-order valence-electron chi connectivity index (χ3n) is 9.09. The molecule has 14 heteroatoms. The topological polar surface area (TPSA) is 190 Å². The molecule has 0 radical (unpaired) electrons. The fourth-order valence-corrected chi connectivity index (χ4v) is 7.30. The lowest BCUT2D eigenvalue weighted by molar-refractivity contribution is -0.134. The van der Waals surface area contributed by atoms with Crippen molar-refractivity contribution in [2.24, 2.45) is 11.5 Å². The van der Waals surface area contributed by atoms with E-state index in [1.54, 1.807) is 6.92 Å². The van der Waals surface area contributed by atoms with Gasteiger partial charge in [-0.3, -0.25) is 9.59 Å². The van der Waals surface area contributed by atoms with Crippen molar-refractivity contribution in [3.8, 4) is 33.6 Å². The molecular formula is C45H72Cl2N8O4. The van der Waals surface area contributed by atoms with Gasteiger partial charge in [-0.15, -0.1) is 0 Å². The maximum Gasteiger partial charge on any atom is 0.223 e. The molecule has 2 saturated heterocycles. The Morgan fingerprint density at radius 1 is 0.729 bits per heavy atom. The first-order valence-electron chi connectivity index (χ1n) is 20.7. The molecule has 2 aliphatic heterocycles. The summed E-state index contributed by atoms with van der Waals surface area (Å²) >= 11 is 13.3. The molecule has 0 spiro atoms. The first kappa shape index (κ1) is 54.8. The van der Waals surface area contributed by atoms with Crippen LogP contribution in [0.5, 0.6) is 0 Å². The van der Waals surface area contributed by atoms with Gasteiger partial charge in [-0.25, -0.2) is 9.97 Å². The van der Waals surface area contributed by atoms with E-state index in [1.165, 1.54) is 7.05 Å². The molecule has 2 unspecified atom stereocenters. The van der Waals surface area contributed by atoms with Crippen LogP contribution in [0.25, 0.3) is 33.6 Å². The highest BCUT2D eigenvalue weighted by atomic mass is 35.5. The second-order valence-electron chi connectivity index (χ2n) is 13.1. The first-order chi connectivity index (χ1) is 28.5. The number of allylic oxidation sites excluding steroid dienone is 1. The SMILES string of the molecule is C=C(C)N.CC.CC.CCCC(=O)N1CCCC1c1nc(-c2ccc(-c3ccc(-c4nc(C5CC[C@H](C)N5C(=O)CCC)[nH]c4Cl)cc3)cc2)c(Cl)[nH]1.CN.CO.CO. The van der Waals surface area contributed by atoms with Crippen molar-refractivity contribution in [3.05, 3.63) is 82.8 Å². The lowest BCUT2D eigenvalue weighted by atomic mass is 10.0. The van der Waals surface area contributed by atoms with Gasteiger partial charge in [0, 0.05) is 50.8 Å². The largest absolute Gasteiger partial charge is 0.403 e. The highest BCUT2D eigenvalue weighted by molar-refractivity contribution is 6.32. The number of amides is 2. The Labute approximate surface area is 363 Å². The number of carbonyl (C=O) groups is 2. The molecule has 8 N–H and O–H groups in total. The van der Waals surface area contributed by atoms with Crippen LogP contribution in [-0.2, 0) is 9.59 Å². The molecular weight excluding hydrogens is 787 g/mol. The van der Waals surface area contributed by atoms with Gasteiger partial charge in [0.05, 0.1) is 12.1 Å². The first-order valence-corrected chi connectivity index (χ1v) is 21.5. The van der Waals surface area contributed by atoms with Gasteiger partial charge in [0.25, 0.3) is 0 Å². The van der Waals surface area contributed by atoms with Crippen LogP contribution in [0, 0.1) is 0 Å². The molecule has 0 aliphatic carbocycles. The number of likely N-dealkylation sites (tertiary alicyclic amines) is 2. The van der Waals surface area contributed by atoms with Crippen molar-refractivity contribution in [2.75, 3.05) is 27.8 Å². The lowest BCUT2D eigenvalue weighted by Gasteiger charge is -2.27. The quantitative estimate of drug-likeness (QED) is 0.0958. The minimum absolute atomic E-state index is 0.0589. The third kappa shape index (κ3) is 15.4. The smallest absolute Gasteiger partial charge is 0.223 e. The highest BCUT2D eigenvalue weighted by Crippen LogP contribution is 2.39. The molecule has 0 saturated carbocycles. The molecule has 3 atom stereocenters. The van der Waals surface area contributed by atoms with E-state index in [-0.39, 0.29) is 29.9 Å². The van der Waals surface area contributed by atoms with E-state index in [2.05, 4.69) is 53.5 Å².